The van der Waals surface area contributed by atoms with Crippen LogP contribution in [0.25, 0.3) is 0 Å². The van der Waals surface area contributed by atoms with Gasteiger partial charge in [-0.2, -0.15) is 11.8 Å². The summed E-state index contributed by atoms with van der Waals surface area (Å²) in [5, 5.41) is 0.722. The van der Waals surface area contributed by atoms with Gasteiger partial charge in [-0.3, -0.25) is 0 Å². The number of hydrogen-bond donors (Lipinski definition) is 1. The van der Waals surface area contributed by atoms with Gasteiger partial charge in [0.15, 0.2) is 0 Å². The molecule has 94 valence electrons. The summed E-state index contributed by atoms with van der Waals surface area (Å²) in [6.07, 6.45) is 7.67. The molecule has 1 aromatic rings. The minimum absolute atomic E-state index is 0.406. The van der Waals surface area contributed by atoms with Crippen molar-refractivity contribution in [2.24, 2.45) is 5.73 Å². The summed E-state index contributed by atoms with van der Waals surface area (Å²) in [5.41, 5.74) is 7.73. The van der Waals surface area contributed by atoms with E-state index in [1.807, 2.05) is 0 Å². The molecule has 0 aliphatic carbocycles. The topological polar surface area (TPSA) is 26.0 Å². The highest BCUT2D eigenvalue weighted by Gasteiger charge is 2.20. The van der Waals surface area contributed by atoms with Crippen molar-refractivity contribution < 1.29 is 0 Å². The summed E-state index contributed by atoms with van der Waals surface area (Å²) < 4.78 is 0. The van der Waals surface area contributed by atoms with Crippen LogP contribution in [-0.4, -0.2) is 17.0 Å². The first-order valence-electron chi connectivity index (χ1n) is 6.77. The van der Waals surface area contributed by atoms with E-state index in [0.29, 0.717) is 6.04 Å². The molecule has 2 N–H and O–H groups in total. The standard InChI is InChI=1S/C15H23NS/c16-14(15-11-4-5-12-17-15)10-6-9-13-7-2-1-3-8-13/h1-3,7-8,14-15H,4-6,9-12,16H2. The molecule has 1 saturated heterocycles. The molecule has 0 amide bonds. The van der Waals surface area contributed by atoms with Crippen molar-refractivity contribution in [1.82, 2.24) is 0 Å². The minimum Gasteiger partial charge on any atom is -0.327 e. The van der Waals surface area contributed by atoms with E-state index in [0.717, 1.165) is 5.25 Å². The molecule has 1 aliphatic heterocycles. The van der Waals surface area contributed by atoms with E-state index < -0.39 is 0 Å². The van der Waals surface area contributed by atoms with E-state index >= 15 is 0 Å². The zero-order chi connectivity index (χ0) is 11.9. The predicted octanol–water partition coefficient (Wildman–Crippen LogP) is 3.62. The summed E-state index contributed by atoms with van der Waals surface area (Å²) in [5.74, 6) is 1.32. The maximum absolute atomic E-state index is 6.29. The molecule has 0 spiro atoms. The van der Waals surface area contributed by atoms with Crippen LogP contribution < -0.4 is 5.73 Å². The van der Waals surface area contributed by atoms with Gasteiger partial charge in [0.05, 0.1) is 0 Å². The molecule has 1 fully saturated rings. The highest BCUT2D eigenvalue weighted by Crippen LogP contribution is 2.28. The van der Waals surface area contributed by atoms with Crippen molar-refractivity contribution in [3.05, 3.63) is 35.9 Å². The third-order valence-electron chi connectivity index (χ3n) is 3.54. The molecular formula is C15H23NS. The van der Waals surface area contributed by atoms with Crippen LogP contribution in [0.1, 0.15) is 37.7 Å². The smallest absolute Gasteiger partial charge is 0.0199 e. The van der Waals surface area contributed by atoms with Crippen LogP contribution in [0.5, 0.6) is 0 Å². The molecule has 17 heavy (non-hydrogen) atoms. The lowest BCUT2D eigenvalue weighted by Gasteiger charge is -2.27. The third kappa shape index (κ3) is 4.36. The van der Waals surface area contributed by atoms with Gasteiger partial charge < -0.3 is 5.73 Å². The lowest BCUT2D eigenvalue weighted by Crippen LogP contribution is -2.34. The average molecular weight is 249 g/mol. The van der Waals surface area contributed by atoms with Crippen molar-refractivity contribution in [3.8, 4) is 0 Å². The quantitative estimate of drug-likeness (QED) is 0.862. The Morgan fingerprint density at radius 2 is 2.06 bits per heavy atom. The van der Waals surface area contributed by atoms with Crippen molar-refractivity contribution in [2.75, 3.05) is 5.75 Å². The highest BCUT2D eigenvalue weighted by atomic mass is 32.2. The first kappa shape index (κ1) is 13.0. The van der Waals surface area contributed by atoms with E-state index in [1.54, 1.807) is 0 Å². The van der Waals surface area contributed by atoms with E-state index in [9.17, 15) is 0 Å². The fourth-order valence-electron chi connectivity index (χ4n) is 2.48. The Morgan fingerprint density at radius 3 is 2.76 bits per heavy atom. The van der Waals surface area contributed by atoms with E-state index in [-0.39, 0.29) is 0 Å². The van der Waals surface area contributed by atoms with Gasteiger partial charge >= 0.3 is 0 Å². The van der Waals surface area contributed by atoms with Gasteiger partial charge in [-0.25, -0.2) is 0 Å². The van der Waals surface area contributed by atoms with Crippen molar-refractivity contribution in [1.29, 1.82) is 0 Å². The van der Waals surface area contributed by atoms with Gasteiger partial charge in [-0.1, -0.05) is 36.8 Å². The second kappa shape index (κ2) is 7.07. The second-order valence-electron chi connectivity index (χ2n) is 4.95. The fraction of sp³-hybridized carbons (Fsp3) is 0.600. The highest BCUT2D eigenvalue weighted by molar-refractivity contribution is 8.00. The van der Waals surface area contributed by atoms with Crippen LogP contribution in [0, 0.1) is 0 Å². The van der Waals surface area contributed by atoms with Gasteiger partial charge in [0.1, 0.15) is 0 Å². The Hall–Kier alpha value is -0.470. The fourth-order valence-corrected chi connectivity index (χ4v) is 3.87. The predicted molar refractivity (Wildman–Crippen MR) is 77.5 cm³/mol. The first-order chi connectivity index (χ1) is 8.36. The molecule has 2 unspecified atom stereocenters. The number of aryl methyl sites for hydroxylation is 1. The van der Waals surface area contributed by atoms with Gasteiger partial charge in [0.25, 0.3) is 0 Å². The zero-order valence-electron chi connectivity index (χ0n) is 10.5. The summed E-state index contributed by atoms with van der Waals surface area (Å²) in [6, 6.07) is 11.1. The van der Waals surface area contributed by atoms with Gasteiger partial charge in [-0.05, 0) is 43.4 Å². The number of rotatable bonds is 5. The van der Waals surface area contributed by atoms with Gasteiger partial charge in [0, 0.05) is 11.3 Å². The Balaban J connectivity index is 1.67. The van der Waals surface area contributed by atoms with Crippen LogP contribution in [0.3, 0.4) is 0 Å². The van der Waals surface area contributed by atoms with E-state index in [1.165, 1.54) is 49.8 Å². The Labute approximate surface area is 109 Å². The molecular weight excluding hydrogens is 226 g/mol. The van der Waals surface area contributed by atoms with Crippen molar-refractivity contribution >= 4 is 11.8 Å². The van der Waals surface area contributed by atoms with Gasteiger partial charge in [0.2, 0.25) is 0 Å². The van der Waals surface area contributed by atoms with Crippen LogP contribution in [0.4, 0.5) is 0 Å². The maximum Gasteiger partial charge on any atom is 0.0199 e. The molecule has 1 nitrogen and oxygen atoms in total. The molecule has 2 heteroatoms. The Morgan fingerprint density at radius 1 is 1.24 bits per heavy atom. The minimum atomic E-state index is 0.406. The molecule has 0 saturated carbocycles. The van der Waals surface area contributed by atoms with E-state index in [2.05, 4.69) is 42.1 Å². The molecule has 0 radical (unpaired) electrons. The van der Waals surface area contributed by atoms with Crippen LogP contribution in [-0.2, 0) is 6.42 Å². The molecule has 2 rings (SSSR count). The Kier molecular flexibility index (Phi) is 5.40. The van der Waals surface area contributed by atoms with Crippen LogP contribution >= 0.6 is 11.8 Å². The summed E-state index contributed by atoms with van der Waals surface area (Å²) in [4.78, 5) is 0. The molecule has 1 aromatic carbocycles. The van der Waals surface area contributed by atoms with Crippen LogP contribution in [0.2, 0.25) is 0 Å². The number of thioether (sulfide) groups is 1. The second-order valence-corrected chi connectivity index (χ2v) is 6.29. The summed E-state index contributed by atoms with van der Waals surface area (Å²) >= 11 is 2.09. The van der Waals surface area contributed by atoms with Crippen molar-refractivity contribution in [2.45, 2.75) is 49.8 Å². The molecule has 1 aliphatic rings. The molecule has 0 aromatic heterocycles. The molecule has 1 heterocycles. The summed E-state index contributed by atoms with van der Waals surface area (Å²) in [7, 11) is 0. The Bertz CT molecular complexity index is 306. The maximum atomic E-state index is 6.29. The van der Waals surface area contributed by atoms with Gasteiger partial charge in [-0.15, -0.1) is 0 Å². The summed E-state index contributed by atoms with van der Waals surface area (Å²) in [6.45, 7) is 0. The number of hydrogen-bond acceptors (Lipinski definition) is 2. The lowest BCUT2D eigenvalue weighted by atomic mass is 10.0. The van der Waals surface area contributed by atoms with E-state index in [4.69, 9.17) is 5.73 Å². The third-order valence-corrected chi connectivity index (χ3v) is 5.08. The average Bonchev–Trinajstić information content (AvgIpc) is 2.41. The van der Waals surface area contributed by atoms with Crippen LogP contribution in [0.15, 0.2) is 30.3 Å². The molecule has 0 bridgehead atoms. The van der Waals surface area contributed by atoms with Crippen molar-refractivity contribution in [3.63, 3.8) is 0 Å². The number of nitrogens with two attached hydrogens (primary N) is 1. The number of benzene rings is 1. The first-order valence-corrected chi connectivity index (χ1v) is 7.82. The monoisotopic (exact) mass is 249 g/mol. The molecule has 2 atom stereocenters. The SMILES string of the molecule is NC(CCCc1ccccc1)C1CCCCS1. The largest absolute Gasteiger partial charge is 0.327 e. The lowest BCUT2D eigenvalue weighted by molar-refractivity contribution is 0.517. The zero-order valence-corrected chi connectivity index (χ0v) is 11.3. The normalized spacial score (nSPS) is 22.3.